The van der Waals surface area contributed by atoms with Crippen LogP contribution in [0.5, 0.6) is 5.75 Å². The van der Waals surface area contributed by atoms with Crippen molar-refractivity contribution in [3.05, 3.63) is 63.2 Å². The van der Waals surface area contributed by atoms with Gasteiger partial charge in [-0.25, -0.2) is 0 Å². The number of thiocarbonyl (C=S) groups is 1. The lowest BCUT2D eigenvalue weighted by Gasteiger charge is -2.11. The Balaban J connectivity index is 2.00. The number of methoxy groups -OCH3 is 1. The maximum Gasteiger partial charge on any atom is 0.269 e. The molecule has 0 aliphatic heterocycles. The number of hydrogen-bond acceptors (Lipinski definition) is 5. The van der Waals surface area contributed by atoms with Crippen LogP contribution in [0.3, 0.4) is 0 Å². The number of amides is 1. The summed E-state index contributed by atoms with van der Waals surface area (Å²) in [5, 5.41) is 16.3. The summed E-state index contributed by atoms with van der Waals surface area (Å²) in [6.45, 7) is 0. The molecule has 2 aromatic rings. The van der Waals surface area contributed by atoms with E-state index in [0.29, 0.717) is 16.5 Å². The van der Waals surface area contributed by atoms with Crippen molar-refractivity contribution >= 4 is 46.2 Å². The first kappa shape index (κ1) is 17.6. The van der Waals surface area contributed by atoms with E-state index >= 15 is 0 Å². The normalized spacial score (nSPS) is 9.92. The molecule has 0 aromatic heterocycles. The van der Waals surface area contributed by atoms with Crippen LogP contribution in [0.15, 0.2) is 42.5 Å². The molecule has 124 valence electrons. The Hall–Kier alpha value is -2.71. The fourth-order valence-electron chi connectivity index (χ4n) is 1.82. The Morgan fingerprint density at radius 2 is 1.92 bits per heavy atom. The molecule has 0 saturated heterocycles. The molecule has 0 radical (unpaired) electrons. The highest BCUT2D eigenvalue weighted by Crippen LogP contribution is 2.27. The molecule has 2 aromatic carbocycles. The zero-order chi connectivity index (χ0) is 17.7. The van der Waals surface area contributed by atoms with Crippen LogP contribution in [0, 0.1) is 10.1 Å². The third kappa shape index (κ3) is 4.40. The summed E-state index contributed by atoms with van der Waals surface area (Å²) >= 11 is 11.1. The maximum absolute atomic E-state index is 12.0. The molecule has 0 heterocycles. The van der Waals surface area contributed by atoms with Crippen LogP contribution in [-0.4, -0.2) is 23.1 Å². The third-order valence-electron chi connectivity index (χ3n) is 2.98. The van der Waals surface area contributed by atoms with Gasteiger partial charge in [0, 0.05) is 23.4 Å². The number of nitrogens with zero attached hydrogens (tertiary/aromatic N) is 1. The van der Waals surface area contributed by atoms with Gasteiger partial charge < -0.3 is 10.1 Å². The fraction of sp³-hybridized carbons (Fsp3) is 0.0667. The second-order valence-corrected chi connectivity index (χ2v) is 5.38. The number of carbonyl (C=O) groups excluding carboxylic acids is 1. The van der Waals surface area contributed by atoms with Crippen molar-refractivity contribution in [2.45, 2.75) is 0 Å². The summed E-state index contributed by atoms with van der Waals surface area (Å²) in [7, 11) is 1.50. The van der Waals surface area contributed by atoms with Crippen molar-refractivity contribution in [3.8, 4) is 5.75 Å². The van der Waals surface area contributed by atoms with Crippen LogP contribution in [0.25, 0.3) is 0 Å². The van der Waals surface area contributed by atoms with Crippen LogP contribution in [0.4, 0.5) is 11.4 Å². The van der Waals surface area contributed by atoms with Gasteiger partial charge in [0.25, 0.3) is 11.6 Å². The Labute approximate surface area is 147 Å². The molecule has 0 spiro atoms. The van der Waals surface area contributed by atoms with Gasteiger partial charge in [0.1, 0.15) is 5.75 Å². The van der Waals surface area contributed by atoms with E-state index in [4.69, 9.17) is 28.6 Å². The maximum atomic E-state index is 12.0. The molecule has 0 atom stereocenters. The zero-order valence-corrected chi connectivity index (χ0v) is 14.0. The standard InChI is InChI=1S/C15H12ClN3O4S/c1-23-13-7-4-10(8-12(13)16)17-15(24)18-14(20)9-2-5-11(6-3-9)19(21)22/h2-8H,1H3,(H2,17,18,20,24). The van der Waals surface area contributed by atoms with E-state index in [0.717, 1.165) is 0 Å². The number of carbonyl (C=O) groups is 1. The van der Waals surface area contributed by atoms with E-state index < -0.39 is 10.8 Å². The first-order valence-electron chi connectivity index (χ1n) is 6.61. The number of non-ortho nitro benzene ring substituents is 1. The highest BCUT2D eigenvalue weighted by Gasteiger charge is 2.11. The number of nitro benzene ring substituents is 1. The van der Waals surface area contributed by atoms with Crippen LogP contribution in [0.2, 0.25) is 5.02 Å². The van der Waals surface area contributed by atoms with E-state index in [-0.39, 0.29) is 16.4 Å². The van der Waals surface area contributed by atoms with Crippen LogP contribution in [-0.2, 0) is 0 Å². The second kappa shape index (κ2) is 7.71. The lowest BCUT2D eigenvalue weighted by Crippen LogP contribution is -2.34. The van der Waals surface area contributed by atoms with Crippen molar-refractivity contribution < 1.29 is 14.5 Å². The molecule has 1 amide bonds. The number of hydrogen-bond donors (Lipinski definition) is 2. The van der Waals surface area contributed by atoms with E-state index in [1.807, 2.05) is 0 Å². The van der Waals surface area contributed by atoms with Crippen molar-refractivity contribution in [1.29, 1.82) is 0 Å². The SMILES string of the molecule is COc1ccc(NC(=S)NC(=O)c2ccc([N+](=O)[O-])cc2)cc1Cl. The van der Waals surface area contributed by atoms with Gasteiger partial charge in [-0.3, -0.25) is 20.2 Å². The summed E-state index contributed by atoms with van der Waals surface area (Å²) < 4.78 is 5.04. The molecule has 0 unspecified atom stereocenters. The summed E-state index contributed by atoms with van der Waals surface area (Å²) in [5.41, 5.74) is 0.729. The van der Waals surface area contributed by atoms with Gasteiger partial charge >= 0.3 is 0 Å². The van der Waals surface area contributed by atoms with Crippen molar-refractivity contribution in [2.75, 3.05) is 12.4 Å². The Bertz CT molecular complexity index is 796. The largest absolute Gasteiger partial charge is 0.495 e. The number of nitrogens with one attached hydrogen (secondary N) is 2. The number of anilines is 1. The van der Waals surface area contributed by atoms with Crippen LogP contribution in [0.1, 0.15) is 10.4 Å². The summed E-state index contributed by atoms with van der Waals surface area (Å²) in [6.07, 6.45) is 0. The quantitative estimate of drug-likeness (QED) is 0.490. The smallest absolute Gasteiger partial charge is 0.269 e. The average molecular weight is 366 g/mol. The minimum Gasteiger partial charge on any atom is -0.495 e. The minimum atomic E-state index is -0.540. The van der Waals surface area contributed by atoms with Gasteiger partial charge in [-0.15, -0.1) is 0 Å². The molecule has 0 aliphatic rings. The predicted molar refractivity (Wildman–Crippen MR) is 94.8 cm³/mol. The Morgan fingerprint density at radius 1 is 1.25 bits per heavy atom. The Morgan fingerprint density at radius 3 is 2.46 bits per heavy atom. The number of benzene rings is 2. The predicted octanol–water partition coefficient (Wildman–Crippen LogP) is 3.38. The molecule has 9 heteroatoms. The molecule has 2 N–H and O–H groups in total. The average Bonchev–Trinajstić information content (AvgIpc) is 2.55. The third-order valence-corrected chi connectivity index (χ3v) is 3.48. The van der Waals surface area contributed by atoms with E-state index in [1.54, 1.807) is 18.2 Å². The Kier molecular flexibility index (Phi) is 5.67. The second-order valence-electron chi connectivity index (χ2n) is 4.56. The van der Waals surface area contributed by atoms with Crippen molar-refractivity contribution in [1.82, 2.24) is 5.32 Å². The lowest BCUT2D eigenvalue weighted by atomic mass is 10.2. The number of halogens is 1. The van der Waals surface area contributed by atoms with E-state index in [2.05, 4.69) is 10.6 Å². The molecule has 0 bridgehead atoms. The van der Waals surface area contributed by atoms with E-state index in [9.17, 15) is 14.9 Å². The van der Waals surface area contributed by atoms with Gasteiger partial charge in [0.15, 0.2) is 5.11 Å². The van der Waals surface area contributed by atoms with Gasteiger partial charge in [-0.2, -0.15) is 0 Å². The van der Waals surface area contributed by atoms with Gasteiger partial charge in [-0.1, -0.05) is 11.6 Å². The topological polar surface area (TPSA) is 93.5 Å². The molecule has 0 saturated carbocycles. The molecule has 0 aliphatic carbocycles. The summed E-state index contributed by atoms with van der Waals surface area (Å²) in [5.74, 6) is 0.0325. The van der Waals surface area contributed by atoms with Crippen LogP contribution < -0.4 is 15.4 Å². The molecular weight excluding hydrogens is 354 g/mol. The number of rotatable bonds is 4. The highest BCUT2D eigenvalue weighted by atomic mass is 35.5. The van der Waals surface area contributed by atoms with Crippen molar-refractivity contribution in [3.63, 3.8) is 0 Å². The molecule has 0 fully saturated rings. The summed E-state index contributed by atoms with van der Waals surface area (Å²) in [4.78, 5) is 22.1. The lowest BCUT2D eigenvalue weighted by molar-refractivity contribution is -0.384. The number of ether oxygens (including phenoxy) is 1. The van der Waals surface area contributed by atoms with Gasteiger partial charge in [0.2, 0.25) is 0 Å². The van der Waals surface area contributed by atoms with Gasteiger partial charge in [-0.05, 0) is 42.5 Å². The van der Waals surface area contributed by atoms with E-state index in [1.165, 1.54) is 31.4 Å². The molecular formula is C15H12ClN3O4S. The first-order chi connectivity index (χ1) is 11.4. The van der Waals surface area contributed by atoms with Crippen molar-refractivity contribution in [2.24, 2.45) is 0 Å². The minimum absolute atomic E-state index is 0.0691. The summed E-state index contributed by atoms with van der Waals surface area (Å²) in [6, 6.07) is 10.1. The van der Waals surface area contributed by atoms with Gasteiger partial charge in [0.05, 0.1) is 17.1 Å². The fourth-order valence-corrected chi connectivity index (χ4v) is 2.28. The molecule has 7 nitrogen and oxygen atoms in total. The highest BCUT2D eigenvalue weighted by molar-refractivity contribution is 7.80. The molecule has 2 rings (SSSR count). The van der Waals surface area contributed by atoms with Crippen LogP contribution >= 0.6 is 23.8 Å². The number of nitro groups is 1. The zero-order valence-electron chi connectivity index (χ0n) is 12.4. The monoisotopic (exact) mass is 365 g/mol. The molecule has 24 heavy (non-hydrogen) atoms. The first-order valence-corrected chi connectivity index (χ1v) is 7.39.